The standard InChI is InChI=1S/C31H28BrN3O4S/c1-2-38-24-15-13-23(14-16-24)33-29(36)25-10-6-7-11-27(25)34-31(40)35-30(37)26-20-22(32)12-17-28(26)39-19-18-21-8-4-3-5-9-21/h3-17,20H,2,18-19H2,1H3,(H,33,36)(H2,34,35,37,40). The van der Waals surface area contributed by atoms with Gasteiger partial charge < -0.3 is 20.1 Å². The zero-order valence-corrected chi connectivity index (χ0v) is 24.2. The summed E-state index contributed by atoms with van der Waals surface area (Å²) in [6, 6.07) is 29.2. The summed E-state index contributed by atoms with van der Waals surface area (Å²) in [6.45, 7) is 2.88. The maximum absolute atomic E-state index is 13.2. The van der Waals surface area contributed by atoms with Crippen molar-refractivity contribution >= 4 is 56.4 Å². The average molecular weight is 619 g/mol. The molecular formula is C31H28BrN3O4S. The number of benzene rings is 4. The van der Waals surface area contributed by atoms with Crippen LogP contribution in [0.1, 0.15) is 33.2 Å². The molecule has 0 atom stereocenters. The monoisotopic (exact) mass is 617 g/mol. The molecular weight excluding hydrogens is 590 g/mol. The molecule has 0 saturated heterocycles. The van der Waals surface area contributed by atoms with Crippen molar-refractivity contribution in [2.45, 2.75) is 13.3 Å². The van der Waals surface area contributed by atoms with E-state index in [4.69, 9.17) is 21.7 Å². The lowest BCUT2D eigenvalue weighted by Crippen LogP contribution is -2.35. The van der Waals surface area contributed by atoms with Gasteiger partial charge >= 0.3 is 0 Å². The van der Waals surface area contributed by atoms with Gasteiger partial charge in [-0.05, 0) is 79.3 Å². The molecule has 4 aromatic carbocycles. The van der Waals surface area contributed by atoms with Crippen molar-refractivity contribution in [1.29, 1.82) is 0 Å². The zero-order chi connectivity index (χ0) is 28.3. The Morgan fingerprint density at radius 2 is 1.52 bits per heavy atom. The molecule has 0 bridgehead atoms. The second kappa shape index (κ2) is 14.3. The Balaban J connectivity index is 1.39. The summed E-state index contributed by atoms with van der Waals surface area (Å²) in [5.74, 6) is 0.390. The summed E-state index contributed by atoms with van der Waals surface area (Å²) in [7, 11) is 0. The van der Waals surface area contributed by atoms with E-state index in [9.17, 15) is 9.59 Å². The van der Waals surface area contributed by atoms with Crippen LogP contribution in [0, 0.1) is 0 Å². The lowest BCUT2D eigenvalue weighted by atomic mass is 10.1. The molecule has 0 saturated carbocycles. The first kappa shape index (κ1) is 28.8. The smallest absolute Gasteiger partial charge is 0.261 e. The summed E-state index contributed by atoms with van der Waals surface area (Å²) in [4.78, 5) is 26.2. The van der Waals surface area contributed by atoms with Crippen molar-refractivity contribution in [2.75, 3.05) is 23.8 Å². The molecule has 0 unspecified atom stereocenters. The third kappa shape index (κ3) is 8.14. The molecule has 3 N–H and O–H groups in total. The number of amides is 2. The van der Waals surface area contributed by atoms with E-state index in [1.54, 1.807) is 60.7 Å². The predicted molar refractivity (Wildman–Crippen MR) is 165 cm³/mol. The Morgan fingerprint density at radius 1 is 0.800 bits per heavy atom. The number of para-hydroxylation sites is 1. The summed E-state index contributed by atoms with van der Waals surface area (Å²) in [6.07, 6.45) is 0.702. The van der Waals surface area contributed by atoms with E-state index in [1.807, 2.05) is 43.3 Å². The highest BCUT2D eigenvalue weighted by Gasteiger charge is 2.17. The van der Waals surface area contributed by atoms with Gasteiger partial charge in [-0.1, -0.05) is 58.4 Å². The van der Waals surface area contributed by atoms with Crippen LogP contribution in [0.15, 0.2) is 102 Å². The second-order valence-electron chi connectivity index (χ2n) is 8.59. The highest BCUT2D eigenvalue weighted by Crippen LogP contribution is 2.24. The topological polar surface area (TPSA) is 88.7 Å². The van der Waals surface area contributed by atoms with E-state index >= 15 is 0 Å². The first-order chi connectivity index (χ1) is 19.4. The molecule has 0 fully saturated rings. The van der Waals surface area contributed by atoms with Crippen LogP contribution in [0.4, 0.5) is 11.4 Å². The fraction of sp³-hybridized carbons (Fsp3) is 0.129. The lowest BCUT2D eigenvalue weighted by Gasteiger charge is -2.15. The summed E-state index contributed by atoms with van der Waals surface area (Å²) in [5, 5.41) is 8.57. The van der Waals surface area contributed by atoms with E-state index in [2.05, 4.69) is 31.9 Å². The molecule has 0 aliphatic heterocycles. The Kier molecular flexibility index (Phi) is 10.3. The van der Waals surface area contributed by atoms with E-state index in [-0.39, 0.29) is 11.0 Å². The van der Waals surface area contributed by atoms with Crippen molar-refractivity contribution in [1.82, 2.24) is 5.32 Å². The van der Waals surface area contributed by atoms with Crippen LogP contribution in [-0.4, -0.2) is 30.1 Å². The number of ether oxygens (including phenoxy) is 2. The molecule has 0 aromatic heterocycles. The Labute approximate surface area is 247 Å². The molecule has 40 heavy (non-hydrogen) atoms. The van der Waals surface area contributed by atoms with E-state index in [0.29, 0.717) is 47.9 Å². The van der Waals surface area contributed by atoms with Gasteiger partial charge in [-0.2, -0.15) is 0 Å². The van der Waals surface area contributed by atoms with Crippen molar-refractivity contribution in [2.24, 2.45) is 0 Å². The van der Waals surface area contributed by atoms with Crippen LogP contribution >= 0.6 is 28.1 Å². The number of hydrogen-bond acceptors (Lipinski definition) is 5. The highest BCUT2D eigenvalue weighted by molar-refractivity contribution is 9.10. The number of thiocarbonyl (C=S) groups is 1. The van der Waals surface area contributed by atoms with Gasteiger partial charge in [0, 0.05) is 16.6 Å². The van der Waals surface area contributed by atoms with Crippen molar-refractivity contribution in [3.8, 4) is 11.5 Å². The Hall–Kier alpha value is -4.21. The highest BCUT2D eigenvalue weighted by atomic mass is 79.9. The molecule has 0 radical (unpaired) electrons. The number of rotatable bonds is 10. The Morgan fingerprint density at radius 3 is 2.27 bits per heavy atom. The van der Waals surface area contributed by atoms with Gasteiger partial charge in [0.2, 0.25) is 0 Å². The normalized spacial score (nSPS) is 10.3. The zero-order valence-electron chi connectivity index (χ0n) is 21.8. The van der Waals surface area contributed by atoms with Crippen LogP contribution in [-0.2, 0) is 6.42 Å². The second-order valence-corrected chi connectivity index (χ2v) is 9.91. The average Bonchev–Trinajstić information content (AvgIpc) is 2.95. The summed E-state index contributed by atoms with van der Waals surface area (Å²) < 4.78 is 12.1. The van der Waals surface area contributed by atoms with Crippen molar-refractivity contribution in [3.63, 3.8) is 0 Å². The minimum absolute atomic E-state index is 0.0431. The minimum Gasteiger partial charge on any atom is -0.494 e. The largest absolute Gasteiger partial charge is 0.494 e. The molecule has 0 spiro atoms. The molecule has 0 aliphatic rings. The predicted octanol–water partition coefficient (Wildman–Crippen LogP) is 6.85. The van der Waals surface area contributed by atoms with Crippen LogP contribution in [0.5, 0.6) is 11.5 Å². The van der Waals surface area contributed by atoms with Crippen molar-refractivity contribution < 1.29 is 19.1 Å². The maximum Gasteiger partial charge on any atom is 0.261 e. The molecule has 0 aliphatic carbocycles. The first-order valence-electron chi connectivity index (χ1n) is 12.6. The third-order valence-electron chi connectivity index (χ3n) is 5.75. The number of halogens is 1. The van der Waals surface area contributed by atoms with E-state index in [1.165, 1.54) is 0 Å². The van der Waals surface area contributed by atoms with E-state index in [0.717, 1.165) is 15.8 Å². The fourth-order valence-electron chi connectivity index (χ4n) is 3.84. The van der Waals surface area contributed by atoms with Crippen LogP contribution in [0.2, 0.25) is 0 Å². The van der Waals surface area contributed by atoms with Crippen LogP contribution < -0.4 is 25.4 Å². The third-order valence-corrected chi connectivity index (χ3v) is 6.44. The van der Waals surface area contributed by atoms with Gasteiger partial charge in [-0.25, -0.2) is 0 Å². The molecule has 4 rings (SSSR count). The number of anilines is 2. The SMILES string of the molecule is CCOc1ccc(NC(=O)c2ccccc2NC(=S)NC(=O)c2cc(Br)ccc2OCCc2ccccc2)cc1. The van der Waals surface area contributed by atoms with E-state index < -0.39 is 5.91 Å². The summed E-state index contributed by atoms with van der Waals surface area (Å²) in [5.41, 5.74) is 2.90. The van der Waals surface area contributed by atoms with Crippen molar-refractivity contribution in [3.05, 3.63) is 118 Å². The molecule has 9 heteroatoms. The van der Waals surface area contributed by atoms with Gasteiger partial charge in [0.1, 0.15) is 11.5 Å². The fourth-order valence-corrected chi connectivity index (χ4v) is 4.41. The number of carbonyl (C=O) groups is 2. The maximum atomic E-state index is 13.2. The molecule has 4 aromatic rings. The number of nitrogens with one attached hydrogen (secondary N) is 3. The number of hydrogen-bond donors (Lipinski definition) is 3. The first-order valence-corrected chi connectivity index (χ1v) is 13.8. The van der Waals surface area contributed by atoms with Crippen LogP contribution in [0.25, 0.3) is 0 Å². The molecule has 2 amide bonds. The number of carbonyl (C=O) groups excluding carboxylic acids is 2. The van der Waals surface area contributed by atoms with Gasteiger partial charge in [0.05, 0.1) is 30.0 Å². The molecule has 0 heterocycles. The van der Waals surface area contributed by atoms with Gasteiger partial charge in [-0.3, -0.25) is 14.9 Å². The quantitative estimate of drug-likeness (QED) is 0.169. The summed E-state index contributed by atoms with van der Waals surface area (Å²) >= 11 is 8.83. The molecule has 7 nitrogen and oxygen atoms in total. The molecule has 204 valence electrons. The van der Waals surface area contributed by atoms with Gasteiger partial charge in [0.15, 0.2) is 5.11 Å². The minimum atomic E-state index is -0.440. The van der Waals surface area contributed by atoms with Gasteiger partial charge in [0.25, 0.3) is 11.8 Å². The Bertz CT molecular complexity index is 1480. The van der Waals surface area contributed by atoms with Crippen LogP contribution in [0.3, 0.4) is 0 Å². The lowest BCUT2D eigenvalue weighted by molar-refractivity contribution is 0.0972. The van der Waals surface area contributed by atoms with Gasteiger partial charge in [-0.15, -0.1) is 0 Å².